The number of ether oxygens (including phenoxy) is 2. The minimum Gasteiger partial charge on any atom is -0.497 e. The second-order valence-corrected chi connectivity index (χ2v) is 5.35. The number of carbonyl (C=O) groups is 1. The first-order valence-corrected chi connectivity index (χ1v) is 7.59. The number of hydrogen-bond donors (Lipinski definition) is 1. The summed E-state index contributed by atoms with van der Waals surface area (Å²) in [6.45, 7) is 1.82. The molecule has 3 rings (SSSR count). The van der Waals surface area contributed by atoms with Crippen LogP contribution in [0.4, 0.5) is 5.69 Å². The van der Waals surface area contributed by atoms with Crippen LogP contribution in [0.2, 0.25) is 0 Å². The second-order valence-electron chi connectivity index (χ2n) is 5.35. The van der Waals surface area contributed by atoms with Crippen molar-refractivity contribution < 1.29 is 14.3 Å². The molecule has 1 amide bonds. The summed E-state index contributed by atoms with van der Waals surface area (Å²) in [5.74, 6) is 1.10. The fourth-order valence-electron chi connectivity index (χ4n) is 2.43. The van der Waals surface area contributed by atoms with Crippen molar-refractivity contribution in [2.75, 3.05) is 19.0 Å². The van der Waals surface area contributed by atoms with Gasteiger partial charge in [-0.05, 0) is 31.2 Å². The lowest BCUT2D eigenvalue weighted by atomic mass is 10.2. The first-order valence-electron chi connectivity index (χ1n) is 7.59. The Morgan fingerprint density at radius 2 is 1.96 bits per heavy atom. The Morgan fingerprint density at radius 1 is 1.12 bits per heavy atom. The average Bonchev–Trinajstić information content (AvgIpc) is 2.59. The van der Waals surface area contributed by atoms with Crippen LogP contribution in [-0.4, -0.2) is 24.6 Å². The third-order valence-corrected chi connectivity index (χ3v) is 3.52. The highest BCUT2D eigenvalue weighted by Gasteiger charge is 2.08. The number of benzene rings is 2. The van der Waals surface area contributed by atoms with Crippen molar-refractivity contribution in [3.8, 4) is 11.5 Å². The third-order valence-electron chi connectivity index (χ3n) is 3.52. The maximum absolute atomic E-state index is 12.1. The van der Waals surface area contributed by atoms with Crippen LogP contribution < -0.4 is 14.8 Å². The van der Waals surface area contributed by atoms with Crippen LogP contribution in [0.3, 0.4) is 0 Å². The molecule has 1 heterocycles. The molecule has 0 aliphatic rings. The third kappa shape index (κ3) is 3.63. The molecular formula is C19H18N2O3. The van der Waals surface area contributed by atoms with Crippen molar-refractivity contribution in [3.05, 3.63) is 60.3 Å². The van der Waals surface area contributed by atoms with Crippen LogP contribution in [0, 0.1) is 6.92 Å². The Kier molecular flexibility index (Phi) is 4.61. The minimum atomic E-state index is -0.234. The lowest BCUT2D eigenvalue weighted by Gasteiger charge is -2.11. The van der Waals surface area contributed by atoms with Crippen molar-refractivity contribution in [3.63, 3.8) is 0 Å². The predicted molar refractivity (Wildman–Crippen MR) is 93.6 cm³/mol. The predicted octanol–water partition coefficient (Wildman–Crippen LogP) is 3.57. The number of nitrogens with zero attached hydrogens (tertiary/aromatic N) is 1. The van der Waals surface area contributed by atoms with Gasteiger partial charge in [0.05, 0.1) is 12.6 Å². The summed E-state index contributed by atoms with van der Waals surface area (Å²) in [5.41, 5.74) is 2.36. The highest BCUT2D eigenvalue weighted by Crippen LogP contribution is 2.25. The molecule has 0 spiro atoms. The summed E-state index contributed by atoms with van der Waals surface area (Å²) in [6, 6.07) is 16.7. The summed E-state index contributed by atoms with van der Waals surface area (Å²) < 4.78 is 10.8. The molecule has 0 fully saturated rings. The lowest BCUT2D eigenvalue weighted by Crippen LogP contribution is -2.20. The van der Waals surface area contributed by atoms with Crippen LogP contribution in [0.5, 0.6) is 11.5 Å². The number of carbonyl (C=O) groups excluding carboxylic acids is 1. The molecule has 3 aromatic rings. The van der Waals surface area contributed by atoms with E-state index in [0.717, 1.165) is 16.6 Å². The molecule has 0 saturated heterocycles. The van der Waals surface area contributed by atoms with E-state index in [2.05, 4.69) is 10.3 Å². The van der Waals surface area contributed by atoms with E-state index in [0.29, 0.717) is 17.2 Å². The number of amides is 1. The molecule has 5 heteroatoms. The van der Waals surface area contributed by atoms with Gasteiger partial charge in [-0.3, -0.25) is 9.78 Å². The molecule has 0 saturated carbocycles. The van der Waals surface area contributed by atoms with Crippen LogP contribution in [-0.2, 0) is 4.79 Å². The summed E-state index contributed by atoms with van der Waals surface area (Å²) in [4.78, 5) is 16.6. The lowest BCUT2D eigenvalue weighted by molar-refractivity contribution is -0.118. The number of hydrogen-bond acceptors (Lipinski definition) is 4. The number of anilines is 1. The summed E-state index contributed by atoms with van der Waals surface area (Å²) in [5, 5.41) is 3.68. The van der Waals surface area contributed by atoms with E-state index in [9.17, 15) is 4.79 Å². The topological polar surface area (TPSA) is 60.5 Å². The van der Waals surface area contributed by atoms with E-state index in [1.807, 2.05) is 49.4 Å². The summed E-state index contributed by atoms with van der Waals surface area (Å²) in [7, 11) is 1.58. The van der Waals surface area contributed by atoms with E-state index >= 15 is 0 Å². The van der Waals surface area contributed by atoms with E-state index in [1.54, 1.807) is 19.2 Å². The first-order chi connectivity index (χ1) is 11.7. The number of rotatable bonds is 5. The molecule has 0 aliphatic carbocycles. The van der Waals surface area contributed by atoms with E-state index < -0.39 is 0 Å². The van der Waals surface area contributed by atoms with Crippen molar-refractivity contribution in [2.24, 2.45) is 0 Å². The zero-order valence-electron chi connectivity index (χ0n) is 13.6. The van der Waals surface area contributed by atoms with Crippen LogP contribution in [0.15, 0.2) is 54.6 Å². The molecule has 2 aromatic carbocycles. The van der Waals surface area contributed by atoms with Gasteiger partial charge in [0.2, 0.25) is 0 Å². The van der Waals surface area contributed by atoms with Crippen molar-refractivity contribution in [2.45, 2.75) is 6.92 Å². The molecular weight excluding hydrogens is 304 g/mol. The number of para-hydroxylation sites is 1. The zero-order valence-corrected chi connectivity index (χ0v) is 13.6. The Bertz CT molecular complexity index is 877. The van der Waals surface area contributed by atoms with E-state index in [-0.39, 0.29) is 12.5 Å². The quantitative estimate of drug-likeness (QED) is 0.780. The molecule has 24 heavy (non-hydrogen) atoms. The smallest absolute Gasteiger partial charge is 0.262 e. The minimum absolute atomic E-state index is 0.0787. The Hall–Kier alpha value is -3.08. The SMILES string of the molecule is COc1cccc(NC(=O)COc2cc(C)nc3ccccc23)c1. The summed E-state index contributed by atoms with van der Waals surface area (Å²) >= 11 is 0. The van der Waals surface area contributed by atoms with Gasteiger partial charge in [-0.15, -0.1) is 0 Å². The number of nitrogens with one attached hydrogen (secondary N) is 1. The summed E-state index contributed by atoms with van der Waals surface area (Å²) in [6.07, 6.45) is 0. The number of pyridine rings is 1. The van der Waals surface area contributed by atoms with Gasteiger partial charge in [-0.1, -0.05) is 18.2 Å². The monoisotopic (exact) mass is 322 g/mol. The maximum atomic E-state index is 12.1. The molecule has 122 valence electrons. The second kappa shape index (κ2) is 7.00. The van der Waals surface area contributed by atoms with Gasteiger partial charge in [0.25, 0.3) is 5.91 Å². The van der Waals surface area contributed by atoms with Gasteiger partial charge in [-0.2, -0.15) is 0 Å². The largest absolute Gasteiger partial charge is 0.497 e. The number of aromatic nitrogens is 1. The molecule has 0 atom stereocenters. The zero-order chi connectivity index (χ0) is 16.9. The average molecular weight is 322 g/mol. The molecule has 0 bridgehead atoms. The van der Waals surface area contributed by atoms with E-state index in [1.165, 1.54) is 0 Å². The number of methoxy groups -OCH3 is 1. The number of fused-ring (bicyclic) bond motifs is 1. The van der Waals surface area contributed by atoms with Gasteiger partial charge in [0, 0.05) is 28.9 Å². The Morgan fingerprint density at radius 3 is 2.79 bits per heavy atom. The molecule has 1 aromatic heterocycles. The molecule has 0 unspecified atom stereocenters. The van der Waals surface area contributed by atoms with Gasteiger partial charge in [0.1, 0.15) is 11.5 Å². The highest BCUT2D eigenvalue weighted by molar-refractivity contribution is 5.92. The van der Waals surface area contributed by atoms with Gasteiger partial charge < -0.3 is 14.8 Å². The van der Waals surface area contributed by atoms with Crippen LogP contribution in [0.25, 0.3) is 10.9 Å². The van der Waals surface area contributed by atoms with Crippen molar-refractivity contribution >= 4 is 22.5 Å². The fourth-order valence-corrected chi connectivity index (χ4v) is 2.43. The van der Waals surface area contributed by atoms with Gasteiger partial charge >= 0.3 is 0 Å². The normalized spacial score (nSPS) is 10.4. The standard InChI is InChI=1S/C19H18N2O3/c1-13-10-18(16-8-3-4-9-17(16)20-13)24-12-19(22)21-14-6-5-7-15(11-14)23-2/h3-11H,12H2,1-2H3,(H,21,22). The molecule has 0 aliphatic heterocycles. The van der Waals surface area contributed by atoms with Gasteiger partial charge in [-0.25, -0.2) is 0 Å². The molecule has 5 nitrogen and oxygen atoms in total. The van der Waals surface area contributed by atoms with Gasteiger partial charge in [0.15, 0.2) is 6.61 Å². The van der Waals surface area contributed by atoms with Crippen molar-refractivity contribution in [1.29, 1.82) is 0 Å². The Balaban J connectivity index is 1.70. The highest BCUT2D eigenvalue weighted by atomic mass is 16.5. The van der Waals surface area contributed by atoms with Crippen LogP contribution in [0.1, 0.15) is 5.69 Å². The first kappa shape index (κ1) is 15.8. The Labute approximate surface area is 140 Å². The molecule has 0 radical (unpaired) electrons. The number of aryl methyl sites for hydroxylation is 1. The van der Waals surface area contributed by atoms with E-state index in [4.69, 9.17) is 9.47 Å². The maximum Gasteiger partial charge on any atom is 0.262 e. The van der Waals surface area contributed by atoms with Crippen LogP contribution >= 0.6 is 0 Å². The fraction of sp³-hybridized carbons (Fsp3) is 0.158. The van der Waals surface area contributed by atoms with Crippen molar-refractivity contribution in [1.82, 2.24) is 4.98 Å². The molecule has 1 N–H and O–H groups in total.